The topological polar surface area (TPSA) is 32.3 Å². The highest BCUT2D eigenvalue weighted by molar-refractivity contribution is 6.30. The molecule has 1 saturated heterocycles. The van der Waals surface area contributed by atoms with Gasteiger partial charge < -0.3 is 5.32 Å². The van der Waals surface area contributed by atoms with Crippen LogP contribution in [0.2, 0.25) is 5.02 Å². The molecule has 0 aliphatic carbocycles. The summed E-state index contributed by atoms with van der Waals surface area (Å²) >= 11 is 5.78. The minimum absolute atomic E-state index is 0.141. The van der Waals surface area contributed by atoms with Crippen LogP contribution in [0.1, 0.15) is 19.8 Å². The number of anilines is 1. The molecule has 1 aromatic rings. The van der Waals surface area contributed by atoms with Crippen LogP contribution in [-0.2, 0) is 4.79 Å². The first kappa shape index (κ1) is 14.3. The minimum Gasteiger partial charge on any atom is -0.322 e. The molecule has 5 heteroatoms. The highest BCUT2D eigenvalue weighted by Crippen LogP contribution is 2.20. The van der Waals surface area contributed by atoms with Crippen LogP contribution in [0.4, 0.5) is 10.1 Å². The molecule has 19 heavy (non-hydrogen) atoms. The summed E-state index contributed by atoms with van der Waals surface area (Å²) in [6.07, 6.45) is 2.32. The number of likely N-dealkylation sites (tertiary alicyclic amines) is 1. The smallest absolute Gasteiger partial charge is 0.238 e. The van der Waals surface area contributed by atoms with Crippen molar-refractivity contribution < 1.29 is 9.18 Å². The van der Waals surface area contributed by atoms with E-state index in [1.165, 1.54) is 24.6 Å². The second-order valence-electron chi connectivity index (χ2n) is 5.15. The molecule has 1 N–H and O–H groups in total. The lowest BCUT2D eigenvalue weighted by molar-refractivity contribution is -0.117. The molecule has 1 heterocycles. The van der Waals surface area contributed by atoms with Crippen molar-refractivity contribution in [2.75, 3.05) is 25.0 Å². The molecule has 1 aliphatic heterocycles. The molecule has 1 atom stereocenters. The van der Waals surface area contributed by atoms with Crippen molar-refractivity contribution in [1.82, 2.24) is 4.90 Å². The van der Waals surface area contributed by atoms with Gasteiger partial charge >= 0.3 is 0 Å². The van der Waals surface area contributed by atoms with E-state index in [1.54, 1.807) is 0 Å². The molecule has 0 unspecified atom stereocenters. The maximum atomic E-state index is 13.5. The minimum atomic E-state index is -0.468. The van der Waals surface area contributed by atoms with Crippen molar-refractivity contribution in [3.63, 3.8) is 0 Å². The van der Waals surface area contributed by atoms with Gasteiger partial charge in [0.15, 0.2) is 0 Å². The Hall–Kier alpha value is -1.13. The Morgan fingerprint density at radius 2 is 2.37 bits per heavy atom. The van der Waals surface area contributed by atoms with E-state index >= 15 is 0 Å². The van der Waals surface area contributed by atoms with E-state index in [0.29, 0.717) is 17.5 Å². The number of carbonyl (C=O) groups is 1. The van der Waals surface area contributed by atoms with Crippen LogP contribution in [0.5, 0.6) is 0 Å². The van der Waals surface area contributed by atoms with E-state index in [2.05, 4.69) is 17.1 Å². The lowest BCUT2D eigenvalue weighted by Gasteiger charge is -2.30. The second kappa shape index (κ2) is 6.35. The molecule has 0 spiro atoms. The Kier molecular flexibility index (Phi) is 4.77. The van der Waals surface area contributed by atoms with Gasteiger partial charge in [0.2, 0.25) is 5.91 Å². The second-order valence-corrected chi connectivity index (χ2v) is 5.59. The summed E-state index contributed by atoms with van der Waals surface area (Å²) in [6, 6.07) is 4.13. The number of nitrogens with zero attached hydrogens (tertiary/aromatic N) is 1. The Morgan fingerprint density at radius 3 is 3.11 bits per heavy atom. The molecule has 104 valence electrons. The number of carbonyl (C=O) groups excluding carboxylic acids is 1. The van der Waals surface area contributed by atoms with E-state index in [9.17, 15) is 9.18 Å². The third-order valence-electron chi connectivity index (χ3n) is 3.31. The molecule has 0 radical (unpaired) electrons. The summed E-state index contributed by atoms with van der Waals surface area (Å²) in [7, 11) is 0. The van der Waals surface area contributed by atoms with Crippen molar-refractivity contribution in [1.29, 1.82) is 0 Å². The molecule has 0 aromatic heterocycles. The molecule has 1 aliphatic rings. The normalized spacial score (nSPS) is 20.3. The zero-order valence-corrected chi connectivity index (χ0v) is 11.7. The van der Waals surface area contributed by atoms with Gasteiger partial charge in [0, 0.05) is 11.6 Å². The highest BCUT2D eigenvalue weighted by atomic mass is 35.5. The summed E-state index contributed by atoms with van der Waals surface area (Å²) in [4.78, 5) is 14.0. The Balaban J connectivity index is 1.92. The summed E-state index contributed by atoms with van der Waals surface area (Å²) in [5.41, 5.74) is 0.141. The lowest BCUT2D eigenvalue weighted by Crippen LogP contribution is -2.39. The zero-order chi connectivity index (χ0) is 13.8. The van der Waals surface area contributed by atoms with E-state index in [-0.39, 0.29) is 11.6 Å². The average Bonchev–Trinajstić information content (AvgIpc) is 2.34. The number of hydrogen-bond donors (Lipinski definition) is 1. The number of hydrogen-bond acceptors (Lipinski definition) is 2. The molecular weight excluding hydrogens is 267 g/mol. The van der Waals surface area contributed by atoms with Crippen LogP contribution in [0.25, 0.3) is 0 Å². The van der Waals surface area contributed by atoms with E-state index < -0.39 is 5.82 Å². The van der Waals surface area contributed by atoms with Gasteiger partial charge in [0.1, 0.15) is 5.82 Å². The number of halogens is 2. The average molecular weight is 285 g/mol. The summed E-state index contributed by atoms with van der Waals surface area (Å²) in [5.74, 6) is -0.0514. The van der Waals surface area contributed by atoms with Crippen LogP contribution in [0.3, 0.4) is 0 Å². The molecule has 1 amide bonds. The van der Waals surface area contributed by atoms with Crippen LogP contribution >= 0.6 is 11.6 Å². The van der Waals surface area contributed by atoms with Gasteiger partial charge in [0.05, 0.1) is 12.2 Å². The fraction of sp³-hybridized carbons (Fsp3) is 0.500. The molecule has 1 aromatic carbocycles. The summed E-state index contributed by atoms with van der Waals surface area (Å²) < 4.78 is 13.5. The van der Waals surface area contributed by atoms with Gasteiger partial charge in [-0.25, -0.2) is 4.39 Å². The standard InChI is InChI=1S/C14H18ClFN2O/c1-10-3-2-6-18(8-10)9-14(19)17-13-7-11(15)4-5-12(13)16/h4-5,7,10H,2-3,6,8-9H2,1H3,(H,17,19)/t10-/m0/s1. The van der Waals surface area contributed by atoms with E-state index in [4.69, 9.17) is 11.6 Å². The zero-order valence-electron chi connectivity index (χ0n) is 11.0. The highest BCUT2D eigenvalue weighted by Gasteiger charge is 2.19. The van der Waals surface area contributed by atoms with Crippen LogP contribution < -0.4 is 5.32 Å². The SMILES string of the molecule is C[C@H]1CCCN(CC(=O)Nc2cc(Cl)ccc2F)C1. The molecular formula is C14H18ClFN2O. The van der Waals surface area contributed by atoms with Gasteiger partial charge in [-0.3, -0.25) is 9.69 Å². The van der Waals surface area contributed by atoms with E-state index in [0.717, 1.165) is 19.5 Å². The molecule has 2 rings (SSSR count). The largest absolute Gasteiger partial charge is 0.322 e. The molecule has 3 nitrogen and oxygen atoms in total. The maximum Gasteiger partial charge on any atom is 0.238 e. The number of piperidine rings is 1. The van der Waals surface area contributed by atoms with Crippen LogP contribution in [-0.4, -0.2) is 30.4 Å². The van der Waals surface area contributed by atoms with Crippen LogP contribution in [0, 0.1) is 11.7 Å². The van der Waals surface area contributed by atoms with E-state index in [1.807, 2.05) is 0 Å². The fourth-order valence-corrected chi connectivity index (χ4v) is 2.59. The molecule has 0 bridgehead atoms. The Morgan fingerprint density at radius 1 is 1.58 bits per heavy atom. The number of nitrogens with one attached hydrogen (secondary N) is 1. The Bertz CT molecular complexity index is 467. The monoisotopic (exact) mass is 284 g/mol. The number of rotatable bonds is 3. The van der Waals surface area contributed by atoms with Gasteiger partial charge in [-0.15, -0.1) is 0 Å². The van der Waals surface area contributed by atoms with Gasteiger partial charge in [-0.05, 0) is 43.5 Å². The maximum absolute atomic E-state index is 13.5. The first-order chi connectivity index (χ1) is 9.04. The van der Waals surface area contributed by atoms with Crippen LogP contribution in [0.15, 0.2) is 18.2 Å². The van der Waals surface area contributed by atoms with Crippen molar-refractivity contribution in [2.24, 2.45) is 5.92 Å². The third kappa shape index (κ3) is 4.18. The van der Waals surface area contributed by atoms with Gasteiger partial charge in [-0.1, -0.05) is 18.5 Å². The number of amides is 1. The van der Waals surface area contributed by atoms with Crippen molar-refractivity contribution in [3.05, 3.63) is 29.0 Å². The first-order valence-electron chi connectivity index (χ1n) is 6.52. The predicted octanol–water partition coefficient (Wildman–Crippen LogP) is 3.15. The first-order valence-corrected chi connectivity index (χ1v) is 6.89. The lowest BCUT2D eigenvalue weighted by atomic mass is 10.0. The van der Waals surface area contributed by atoms with Crippen molar-refractivity contribution in [2.45, 2.75) is 19.8 Å². The molecule has 1 fully saturated rings. The van der Waals surface area contributed by atoms with Gasteiger partial charge in [0.25, 0.3) is 0 Å². The third-order valence-corrected chi connectivity index (χ3v) is 3.55. The predicted molar refractivity (Wildman–Crippen MR) is 74.9 cm³/mol. The van der Waals surface area contributed by atoms with Gasteiger partial charge in [-0.2, -0.15) is 0 Å². The summed E-state index contributed by atoms with van der Waals surface area (Å²) in [5, 5.41) is 2.98. The quantitative estimate of drug-likeness (QED) is 0.925. The Labute approximate surface area is 117 Å². The molecule has 0 saturated carbocycles. The summed E-state index contributed by atoms with van der Waals surface area (Å²) in [6.45, 7) is 4.33. The number of benzene rings is 1. The van der Waals surface area contributed by atoms with Crippen molar-refractivity contribution >= 4 is 23.2 Å². The van der Waals surface area contributed by atoms with Crippen molar-refractivity contribution in [3.8, 4) is 0 Å². The fourth-order valence-electron chi connectivity index (χ4n) is 2.42.